The van der Waals surface area contributed by atoms with Crippen LogP contribution in [0.4, 0.5) is 0 Å². The second kappa shape index (κ2) is 9.98. The van der Waals surface area contributed by atoms with Crippen molar-refractivity contribution in [3.05, 3.63) is 96.4 Å². The Labute approximate surface area is 170 Å². The lowest BCUT2D eigenvalue weighted by molar-refractivity contribution is 0.302. The summed E-state index contributed by atoms with van der Waals surface area (Å²) in [6.07, 6.45) is 8.09. The molecular formula is C26H34N2. The van der Waals surface area contributed by atoms with Gasteiger partial charge in [0, 0.05) is 18.4 Å². The number of rotatable bonds is 9. The Morgan fingerprint density at radius 3 is 2.39 bits per heavy atom. The molecule has 2 aromatic carbocycles. The molecule has 0 radical (unpaired) electrons. The molecule has 0 saturated carbocycles. The van der Waals surface area contributed by atoms with E-state index in [2.05, 4.69) is 99.6 Å². The molecule has 2 nitrogen and oxygen atoms in total. The molecular weight excluding hydrogens is 340 g/mol. The summed E-state index contributed by atoms with van der Waals surface area (Å²) in [5.74, 6) is 0.309. The van der Waals surface area contributed by atoms with Gasteiger partial charge in [-0.3, -0.25) is 0 Å². The molecule has 0 saturated heterocycles. The van der Waals surface area contributed by atoms with Crippen LogP contribution < -0.4 is 5.73 Å². The maximum Gasteiger partial charge on any atom is 0.0714 e. The maximum absolute atomic E-state index is 6.16. The molecule has 0 aliphatic carbocycles. The lowest BCUT2D eigenvalue weighted by Crippen LogP contribution is -2.37. The van der Waals surface area contributed by atoms with Gasteiger partial charge in [0.2, 0.25) is 0 Å². The van der Waals surface area contributed by atoms with Crippen LogP contribution in [0.2, 0.25) is 0 Å². The predicted molar refractivity (Wildman–Crippen MR) is 124 cm³/mol. The Hall–Kier alpha value is -2.74. The zero-order valence-corrected chi connectivity index (χ0v) is 17.8. The van der Waals surface area contributed by atoms with E-state index < -0.39 is 0 Å². The van der Waals surface area contributed by atoms with Gasteiger partial charge < -0.3 is 10.6 Å². The van der Waals surface area contributed by atoms with Crippen molar-refractivity contribution in [1.29, 1.82) is 0 Å². The van der Waals surface area contributed by atoms with Gasteiger partial charge in [-0.2, -0.15) is 0 Å². The summed E-state index contributed by atoms with van der Waals surface area (Å²) < 4.78 is 0. The molecule has 0 spiro atoms. The smallest absolute Gasteiger partial charge is 0.0714 e. The second-order valence-corrected chi connectivity index (χ2v) is 7.55. The average molecular weight is 375 g/mol. The zero-order valence-electron chi connectivity index (χ0n) is 17.8. The minimum absolute atomic E-state index is 0.0361. The normalized spacial score (nSPS) is 14.2. The fraction of sp³-hybridized carbons (Fsp3) is 0.308. The molecule has 148 valence electrons. The summed E-state index contributed by atoms with van der Waals surface area (Å²) in [4.78, 5) is 2.20. The van der Waals surface area contributed by atoms with Crippen LogP contribution in [0.1, 0.15) is 32.8 Å². The molecule has 2 aromatic rings. The number of nitrogens with zero attached hydrogens (tertiary/aromatic N) is 1. The number of nitrogens with two attached hydrogens (primary N) is 1. The van der Waals surface area contributed by atoms with Gasteiger partial charge >= 0.3 is 0 Å². The van der Waals surface area contributed by atoms with Crippen LogP contribution in [0.5, 0.6) is 0 Å². The lowest BCUT2D eigenvalue weighted by atomic mass is 9.94. The summed E-state index contributed by atoms with van der Waals surface area (Å²) in [5, 5.41) is 2.56. The highest BCUT2D eigenvalue weighted by atomic mass is 15.2. The molecule has 2 atom stereocenters. The molecule has 2 unspecified atom stereocenters. The molecule has 0 fully saturated rings. The fourth-order valence-electron chi connectivity index (χ4n) is 3.62. The van der Waals surface area contributed by atoms with E-state index in [1.807, 2.05) is 6.92 Å². The van der Waals surface area contributed by atoms with Crippen LogP contribution in [0, 0.1) is 5.92 Å². The molecule has 2 rings (SSSR count). The van der Waals surface area contributed by atoms with E-state index in [4.69, 9.17) is 5.73 Å². The number of hydrogen-bond acceptors (Lipinski definition) is 2. The monoisotopic (exact) mass is 374 g/mol. The van der Waals surface area contributed by atoms with E-state index in [-0.39, 0.29) is 6.04 Å². The number of hydrogen-bond donors (Lipinski definition) is 1. The van der Waals surface area contributed by atoms with Crippen molar-refractivity contribution in [2.24, 2.45) is 11.7 Å². The van der Waals surface area contributed by atoms with Crippen molar-refractivity contribution in [1.82, 2.24) is 4.90 Å². The zero-order chi connectivity index (χ0) is 20.7. The van der Waals surface area contributed by atoms with Gasteiger partial charge in [0.1, 0.15) is 0 Å². The minimum atomic E-state index is 0.0361. The van der Waals surface area contributed by atoms with Crippen LogP contribution >= 0.6 is 0 Å². The van der Waals surface area contributed by atoms with Crippen LogP contribution in [-0.4, -0.2) is 18.0 Å². The molecule has 0 bridgehead atoms. The van der Waals surface area contributed by atoms with Gasteiger partial charge in [-0.05, 0) is 48.9 Å². The van der Waals surface area contributed by atoms with Crippen molar-refractivity contribution in [3.63, 3.8) is 0 Å². The molecule has 2 N–H and O–H groups in total. The van der Waals surface area contributed by atoms with Crippen molar-refractivity contribution in [2.75, 3.05) is 7.05 Å². The Morgan fingerprint density at radius 1 is 1.11 bits per heavy atom. The van der Waals surface area contributed by atoms with Crippen molar-refractivity contribution in [3.8, 4) is 0 Å². The fourth-order valence-corrected chi connectivity index (χ4v) is 3.62. The third-order valence-corrected chi connectivity index (χ3v) is 5.45. The van der Waals surface area contributed by atoms with Gasteiger partial charge in [-0.25, -0.2) is 0 Å². The van der Waals surface area contributed by atoms with E-state index in [1.165, 1.54) is 21.9 Å². The summed E-state index contributed by atoms with van der Waals surface area (Å²) in [7, 11) is 2.07. The Kier molecular flexibility index (Phi) is 7.69. The summed E-state index contributed by atoms with van der Waals surface area (Å²) in [6.45, 7) is 14.7. The average Bonchev–Trinajstić information content (AvgIpc) is 2.69. The standard InChI is InChI=1S/C26H34N2/c1-7-11-22(8-2)18-26(20(4)27)28(6)21(5)19(3)16-23-14-15-24-12-9-10-13-25(24)17-23/h7-15,17,19,26H,4-5,16,18,27H2,1-3,6H3/b11-7-,22-8+. The molecule has 0 amide bonds. The summed E-state index contributed by atoms with van der Waals surface area (Å²) in [5.41, 5.74) is 10.5. The van der Waals surface area contributed by atoms with Gasteiger partial charge in [0.05, 0.1) is 6.04 Å². The number of allylic oxidation sites excluding steroid dienone is 4. The summed E-state index contributed by atoms with van der Waals surface area (Å²) >= 11 is 0. The Balaban J connectivity index is 2.13. The first-order valence-electron chi connectivity index (χ1n) is 9.98. The molecule has 0 aliphatic heterocycles. The molecule has 0 aromatic heterocycles. The van der Waals surface area contributed by atoms with E-state index in [0.29, 0.717) is 11.6 Å². The van der Waals surface area contributed by atoms with Crippen molar-refractivity contribution < 1.29 is 0 Å². The second-order valence-electron chi connectivity index (χ2n) is 7.55. The van der Waals surface area contributed by atoms with Crippen molar-refractivity contribution >= 4 is 10.8 Å². The molecule has 0 aliphatic rings. The summed E-state index contributed by atoms with van der Waals surface area (Å²) in [6, 6.07) is 15.2. The van der Waals surface area contributed by atoms with Crippen LogP contribution in [0.3, 0.4) is 0 Å². The van der Waals surface area contributed by atoms with Crippen LogP contribution in [0.25, 0.3) is 10.8 Å². The van der Waals surface area contributed by atoms with E-state index >= 15 is 0 Å². The topological polar surface area (TPSA) is 29.3 Å². The number of likely N-dealkylation sites (N-methyl/N-ethyl adjacent to an activating group) is 1. The minimum Gasteiger partial charge on any atom is -0.401 e. The van der Waals surface area contributed by atoms with Gasteiger partial charge in [0.25, 0.3) is 0 Å². The molecule has 28 heavy (non-hydrogen) atoms. The van der Waals surface area contributed by atoms with E-state index in [0.717, 1.165) is 18.5 Å². The number of benzene rings is 2. The Morgan fingerprint density at radius 2 is 1.79 bits per heavy atom. The van der Waals surface area contributed by atoms with Crippen LogP contribution in [-0.2, 0) is 6.42 Å². The first-order chi connectivity index (χ1) is 13.4. The first-order valence-corrected chi connectivity index (χ1v) is 9.98. The van der Waals surface area contributed by atoms with E-state index in [9.17, 15) is 0 Å². The highest BCUT2D eigenvalue weighted by molar-refractivity contribution is 5.83. The predicted octanol–water partition coefficient (Wildman–Crippen LogP) is 6.22. The van der Waals surface area contributed by atoms with Crippen molar-refractivity contribution in [2.45, 2.75) is 39.7 Å². The van der Waals surface area contributed by atoms with Gasteiger partial charge in [-0.1, -0.05) is 86.3 Å². The number of fused-ring (bicyclic) bond motifs is 1. The quantitative estimate of drug-likeness (QED) is 0.528. The lowest BCUT2D eigenvalue weighted by Gasteiger charge is -2.34. The largest absolute Gasteiger partial charge is 0.401 e. The first kappa shape index (κ1) is 21.6. The highest BCUT2D eigenvalue weighted by Gasteiger charge is 2.21. The van der Waals surface area contributed by atoms with Gasteiger partial charge in [-0.15, -0.1) is 0 Å². The Bertz CT molecular complexity index is 888. The third kappa shape index (κ3) is 5.39. The third-order valence-electron chi connectivity index (χ3n) is 5.45. The molecule has 0 heterocycles. The SMILES string of the molecule is C=C(N)C(CC(/C=C\C)=C/C)N(C)C(=C)C(C)Cc1ccc2ccccc2c1. The van der Waals surface area contributed by atoms with Crippen LogP contribution in [0.15, 0.2) is 90.8 Å². The van der Waals surface area contributed by atoms with E-state index in [1.54, 1.807) is 0 Å². The van der Waals surface area contributed by atoms with Gasteiger partial charge in [0.15, 0.2) is 0 Å². The highest BCUT2D eigenvalue weighted by Crippen LogP contribution is 2.26. The maximum atomic E-state index is 6.16. The molecule has 2 heteroatoms.